The average Bonchev–Trinajstić information content (AvgIpc) is 2.80. The van der Waals surface area contributed by atoms with Crippen molar-refractivity contribution in [3.05, 3.63) is 33.2 Å². The van der Waals surface area contributed by atoms with Crippen molar-refractivity contribution in [3.63, 3.8) is 0 Å². The molecule has 0 radical (unpaired) electrons. The van der Waals surface area contributed by atoms with E-state index in [1.54, 1.807) is 7.05 Å². The van der Waals surface area contributed by atoms with Gasteiger partial charge in [0.15, 0.2) is 5.67 Å². The van der Waals surface area contributed by atoms with Gasteiger partial charge in [-0.05, 0) is 11.6 Å². The lowest BCUT2D eigenvalue weighted by atomic mass is 9.88. The highest BCUT2D eigenvalue weighted by molar-refractivity contribution is 5.30. The third kappa shape index (κ3) is 3.13. The summed E-state index contributed by atoms with van der Waals surface area (Å²) >= 11 is 0. The fraction of sp³-hybridized carbons (Fsp3) is 0.667. The van der Waals surface area contributed by atoms with Gasteiger partial charge >= 0.3 is 5.69 Å². The normalized spacial score (nSPS) is 30.0. The van der Waals surface area contributed by atoms with Gasteiger partial charge in [-0.2, -0.15) is 4.98 Å². The van der Waals surface area contributed by atoms with Gasteiger partial charge in [0.25, 0.3) is 0 Å². The van der Waals surface area contributed by atoms with Crippen LogP contribution in [0.1, 0.15) is 0 Å². The van der Waals surface area contributed by atoms with Crippen LogP contribution in [-0.4, -0.2) is 63.9 Å². The Hall–Kier alpha value is -2.20. The molecule has 0 saturated carbocycles. The van der Waals surface area contributed by atoms with E-state index in [-0.39, 0.29) is 0 Å². The van der Waals surface area contributed by atoms with E-state index in [0.717, 1.165) is 4.57 Å². The molecule has 2 rings (SSSR count). The lowest BCUT2D eigenvalue weighted by molar-refractivity contribution is -0.0919. The molecule has 0 aromatic carbocycles. The molecule has 0 amide bonds. The Balaban J connectivity index is 2.26. The summed E-state index contributed by atoms with van der Waals surface area (Å²) in [7, 11) is 1.59. The first-order chi connectivity index (χ1) is 10.9. The molecule has 1 aliphatic rings. The van der Waals surface area contributed by atoms with Crippen molar-refractivity contribution in [1.82, 2.24) is 9.55 Å². The smallest absolute Gasteiger partial charge is 0.349 e. The summed E-state index contributed by atoms with van der Waals surface area (Å²) < 4.78 is 21.2. The third-order valence-corrected chi connectivity index (χ3v) is 3.82. The van der Waals surface area contributed by atoms with Gasteiger partial charge in [0.05, 0.1) is 26.3 Å². The monoisotopic (exact) mass is 328 g/mol. The zero-order chi connectivity index (χ0) is 17.1. The number of aromatic nitrogens is 2. The topological polar surface area (TPSA) is 145 Å². The van der Waals surface area contributed by atoms with Crippen LogP contribution in [0, 0.1) is 0 Å². The minimum absolute atomic E-state index is 0.329. The van der Waals surface area contributed by atoms with Gasteiger partial charge in [-0.15, -0.1) is 0 Å². The summed E-state index contributed by atoms with van der Waals surface area (Å²) in [6, 6.07) is 1.48. The predicted molar refractivity (Wildman–Crippen MR) is 77.7 cm³/mol. The zero-order valence-corrected chi connectivity index (χ0v) is 12.4. The first kappa shape index (κ1) is 17.2. The number of rotatable bonds is 6. The highest BCUT2D eigenvalue weighted by Gasteiger charge is 2.58. The molecule has 0 spiro atoms. The van der Waals surface area contributed by atoms with Crippen LogP contribution in [0.5, 0.6) is 0 Å². The van der Waals surface area contributed by atoms with Gasteiger partial charge in [-0.25, -0.2) is 9.18 Å². The third-order valence-electron chi connectivity index (χ3n) is 3.82. The SMILES string of the molecule is CNc1ccn(C[C@@]2(F)CO[C@@](CO)(CN=[N+]=[N-])[C@H]2O)c(=O)n1. The van der Waals surface area contributed by atoms with Gasteiger partial charge in [0.1, 0.15) is 17.5 Å². The van der Waals surface area contributed by atoms with Crippen LogP contribution in [0.3, 0.4) is 0 Å². The van der Waals surface area contributed by atoms with Crippen molar-refractivity contribution >= 4 is 5.82 Å². The van der Waals surface area contributed by atoms with Gasteiger partial charge in [-0.3, -0.25) is 4.57 Å². The second-order valence-corrected chi connectivity index (χ2v) is 5.31. The van der Waals surface area contributed by atoms with E-state index in [0.29, 0.717) is 5.82 Å². The summed E-state index contributed by atoms with van der Waals surface area (Å²) in [6.07, 6.45) is -0.442. The molecule has 3 atom stereocenters. The summed E-state index contributed by atoms with van der Waals surface area (Å²) in [6.45, 7) is -2.23. The Morgan fingerprint density at radius 3 is 3.04 bits per heavy atom. The second-order valence-electron chi connectivity index (χ2n) is 5.31. The Morgan fingerprint density at radius 2 is 2.48 bits per heavy atom. The van der Waals surface area contributed by atoms with Crippen LogP contribution in [0.25, 0.3) is 10.4 Å². The average molecular weight is 328 g/mol. The Labute approximate surface area is 130 Å². The standard InChI is InChI=1S/C12H17FN6O4/c1-15-8-2-3-19(10(22)17-8)5-11(13)7-23-12(6-20,9(11)21)4-16-18-14/h2-3,9,20-21H,4-7H2,1H3,(H,15,17,22)/t9-,11+,12+/m0/s1. The number of nitrogens with one attached hydrogen (secondary N) is 1. The van der Waals surface area contributed by atoms with Gasteiger partial charge in [0.2, 0.25) is 0 Å². The fourth-order valence-corrected chi connectivity index (χ4v) is 2.46. The number of ether oxygens (including phenoxy) is 1. The zero-order valence-electron chi connectivity index (χ0n) is 12.4. The number of alkyl halides is 1. The van der Waals surface area contributed by atoms with Crippen LogP contribution in [-0.2, 0) is 11.3 Å². The van der Waals surface area contributed by atoms with Crippen LogP contribution >= 0.6 is 0 Å². The minimum atomic E-state index is -2.33. The van der Waals surface area contributed by atoms with E-state index in [9.17, 15) is 15.0 Å². The summed E-state index contributed by atoms with van der Waals surface area (Å²) in [5, 5.41) is 25.6. The van der Waals surface area contributed by atoms with Gasteiger partial charge < -0.3 is 20.3 Å². The molecule has 11 heteroatoms. The molecule has 10 nitrogen and oxygen atoms in total. The van der Waals surface area contributed by atoms with Crippen LogP contribution in [0.4, 0.5) is 10.2 Å². The first-order valence-corrected chi connectivity index (χ1v) is 6.79. The molecule has 0 bridgehead atoms. The largest absolute Gasteiger partial charge is 0.393 e. The molecule has 0 aliphatic carbocycles. The fourth-order valence-electron chi connectivity index (χ4n) is 2.46. The van der Waals surface area contributed by atoms with Crippen LogP contribution in [0.15, 0.2) is 22.2 Å². The number of hydrogen-bond donors (Lipinski definition) is 3. The summed E-state index contributed by atoms with van der Waals surface area (Å²) in [5.41, 5.74) is 3.60. The van der Waals surface area contributed by atoms with Crippen LogP contribution < -0.4 is 11.0 Å². The molecular weight excluding hydrogens is 311 g/mol. The van der Waals surface area contributed by atoms with Crippen molar-refractivity contribution in [3.8, 4) is 0 Å². The number of aliphatic hydroxyl groups is 2. The second kappa shape index (κ2) is 6.50. The first-order valence-electron chi connectivity index (χ1n) is 6.79. The van der Waals surface area contributed by atoms with E-state index >= 15 is 4.39 Å². The molecule has 126 valence electrons. The Kier molecular flexibility index (Phi) is 4.85. The van der Waals surface area contributed by atoms with E-state index < -0.39 is 49.4 Å². The number of aliphatic hydroxyl groups excluding tert-OH is 2. The maximum Gasteiger partial charge on any atom is 0.349 e. The summed E-state index contributed by atoms with van der Waals surface area (Å²) in [4.78, 5) is 18.1. The molecule has 1 fully saturated rings. The number of halogens is 1. The molecule has 2 heterocycles. The summed E-state index contributed by atoms with van der Waals surface area (Å²) in [5.74, 6) is 0.329. The highest BCUT2D eigenvalue weighted by atomic mass is 19.1. The van der Waals surface area contributed by atoms with E-state index in [1.165, 1.54) is 12.3 Å². The predicted octanol–water partition coefficient (Wildman–Crippen LogP) is -0.574. The number of anilines is 1. The molecule has 1 aliphatic heterocycles. The maximum absolute atomic E-state index is 15.0. The maximum atomic E-state index is 15.0. The molecule has 1 aromatic rings. The van der Waals surface area contributed by atoms with E-state index in [4.69, 9.17) is 10.3 Å². The van der Waals surface area contributed by atoms with Crippen molar-refractivity contribution in [2.45, 2.75) is 23.9 Å². The number of azide groups is 1. The van der Waals surface area contributed by atoms with Crippen molar-refractivity contribution in [2.24, 2.45) is 5.11 Å². The van der Waals surface area contributed by atoms with Gasteiger partial charge in [0, 0.05) is 18.2 Å². The van der Waals surface area contributed by atoms with E-state index in [2.05, 4.69) is 20.3 Å². The molecule has 0 unspecified atom stereocenters. The van der Waals surface area contributed by atoms with E-state index in [1.807, 2.05) is 0 Å². The van der Waals surface area contributed by atoms with Crippen molar-refractivity contribution in [2.75, 3.05) is 32.1 Å². The quantitative estimate of drug-likeness (QED) is 0.362. The minimum Gasteiger partial charge on any atom is -0.393 e. The molecule has 1 saturated heterocycles. The van der Waals surface area contributed by atoms with Crippen molar-refractivity contribution < 1.29 is 19.3 Å². The van der Waals surface area contributed by atoms with Crippen molar-refractivity contribution in [1.29, 1.82) is 0 Å². The lowest BCUT2D eigenvalue weighted by Crippen LogP contribution is -2.54. The Bertz CT molecular complexity index is 678. The lowest BCUT2D eigenvalue weighted by Gasteiger charge is -2.31. The number of nitrogens with zero attached hydrogens (tertiary/aromatic N) is 5. The molecular formula is C12H17FN6O4. The Morgan fingerprint density at radius 1 is 1.74 bits per heavy atom. The van der Waals surface area contributed by atoms with Crippen LogP contribution in [0.2, 0.25) is 0 Å². The number of hydrogen-bond acceptors (Lipinski definition) is 7. The van der Waals surface area contributed by atoms with Gasteiger partial charge in [-0.1, -0.05) is 5.11 Å². The highest BCUT2D eigenvalue weighted by Crippen LogP contribution is 2.37. The molecule has 23 heavy (non-hydrogen) atoms. The molecule has 1 aromatic heterocycles. The molecule has 3 N–H and O–H groups in total.